The molecule has 4 nitrogen and oxygen atoms in total. The van der Waals surface area contributed by atoms with Gasteiger partial charge in [0.15, 0.2) is 5.76 Å². The van der Waals surface area contributed by atoms with Crippen LogP contribution >= 0.6 is 0 Å². The zero-order valence-corrected chi connectivity index (χ0v) is 9.63. The summed E-state index contributed by atoms with van der Waals surface area (Å²) in [7, 11) is 0. The Kier molecular flexibility index (Phi) is 2.71. The fourth-order valence-electron chi connectivity index (χ4n) is 3.13. The molecule has 0 aromatic carbocycles. The molecule has 2 fully saturated rings. The van der Waals surface area contributed by atoms with E-state index in [1.807, 2.05) is 6.21 Å². The Morgan fingerprint density at radius 1 is 1.47 bits per heavy atom. The van der Waals surface area contributed by atoms with Gasteiger partial charge < -0.3 is 4.42 Å². The summed E-state index contributed by atoms with van der Waals surface area (Å²) in [5, 5.41) is 4.04. The molecular formula is C13H16N2O2. The van der Waals surface area contributed by atoms with E-state index >= 15 is 0 Å². The minimum absolute atomic E-state index is 0.283. The smallest absolute Gasteiger partial charge is 0.307 e. The number of hydrazone groups is 1. The van der Waals surface area contributed by atoms with E-state index < -0.39 is 0 Å². The number of carbonyl (C=O) groups excluding carboxylic acids is 1. The van der Waals surface area contributed by atoms with Crippen molar-refractivity contribution in [2.24, 2.45) is 22.9 Å². The predicted octanol–water partition coefficient (Wildman–Crippen LogP) is 2.43. The number of rotatable bonds is 3. The van der Waals surface area contributed by atoms with Gasteiger partial charge in [0.25, 0.3) is 0 Å². The predicted molar refractivity (Wildman–Crippen MR) is 63.6 cm³/mol. The molecule has 1 aromatic heterocycles. The molecule has 2 bridgehead atoms. The molecule has 0 unspecified atom stereocenters. The van der Waals surface area contributed by atoms with Crippen LogP contribution < -0.4 is 5.43 Å². The van der Waals surface area contributed by atoms with Crippen LogP contribution in [0, 0.1) is 17.8 Å². The second-order valence-corrected chi connectivity index (χ2v) is 5.04. The van der Waals surface area contributed by atoms with Crippen molar-refractivity contribution in [3.63, 3.8) is 0 Å². The van der Waals surface area contributed by atoms with E-state index in [-0.39, 0.29) is 5.91 Å². The third-order valence-corrected chi connectivity index (χ3v) is 3.97. The Balaban J connectivity index is 1.53. The molecule has 2 aliphatic rings. The highest BCUT2D eigenvalue weighted by atomic mass is 16.3. The lowest BCUT2D eigenvalue weighted by Crippen LogP contribution is -2.19. The number of nitrogens with zero attached hydrogens (tertiary/aromatic N) is 1. The first-order chi connectivity index (χ1) is 8.33. The Labute approximate surface area is 100 Å². The molecule has 90 valence electrons. The Morgan fingerprint density at radius 3 is 3.06 bits per heavy atom. The number of hydrogen-bond acceptors (Lipinski definition) is 3. The quantitative estimate of drug-likeness (QED) is 0.642. The van der Waals surface area contributed by atoms with Gasteiger partial charge in [-0.1, -0.05) is 6.42 Å². The summed E-state index contributed by atoms with van der Waals surface area (Å²) < 4.78 is 4.98. The molecule has 0 radical (unpaired) electrons. The van der Waals surface area contributed by atoms with Crippen LogP contribution in [0.25, 0.3) is 0 Å². The molecule has 0 saturated heterocycles. The van der Waals surface area contributed by atoms with Crippen molar-refractivity contribution in [1.29, 1.82) is 0 Å². The summed E-state index contributed by atoms with van der Waals surface area (Å²) in [6, 6.07) is 3.32. The van der Waals surface area contributed by atoms with Crippen LogP contribution in [-0.2, 0) is 0 Å². The van der Waals surface area contributed by atoms with Crippen molar-refractivity contribution in [2.75, 3.05) is 0 Å². The highest BCUT2D eigenvalue weighted by Gasteiger charge is 2.38. The maximum absolute atomic E-state index is 11.5. The van der Waals surface area contributed by atoms with Crippen LogP contribution in [0.4, 0.5) is 0 Å². The van der Waals surface area contributed by atoms with E-state index in [0.717, 1.165) is 11.8 Å². The van der Waals surface area contributed by atoms with Crippen LogP contribution in [0.15, 0.2) is 27.9 Å². The summed E-state index contributed by atoms with van der Waals surface area (Å²) in [5.41, 5.74) is 2.51. The number of fused-ring (bicyclic) bond motifs is 2. The van der Waals surface area contributed by atoms with Crippen LogP contribution in [-0.4, -0.2) is 12.1 Å². The van der Waals surface area contributed by atoms with E-state index in [0.29, 0.717) is 11.7 Å². The number of amides is 1. The highest BCUT2D eigenvalue weighted by Crippen LogP contribution is 2.47. The highest BCUT2D eigenvalue weighted by molar-refractivity contribution is 5.91. The normalized spacial score (nSPS) is 31.2. The maximum Gasteiger partial charge on any atom is 0.307 e. The second kappa shape index (κ2) is 4.35. The molecule has 2 saturated carbocycles. The van der Waals surface area contributed by atoms with Gasteiger partial charge in [0.2, 0.25) is 0 Å². The molecule has 17 heavy (non-hydrogen) atoms. The van der Waals surface area contributed by atoms with Crippen LogP contribution in [0.1, 0.15) is 36.2 Å². The van der Waals surface area contributed by atoms with Crippen molar-refractivity contribution >= 4 is 12.1 Å². The summed E-state index contributed by atoms with van der Waals surface area (Å²) >= 11 is 0. The van der Waals surface area contributed by atoms with Gasteiger partial charge in [0, 0.05) is 6.21 Å². The van der Waals surface area contributed by atoms with E-state index in [1.165, 1.54) is 31.9 Å². The molecule has 3 atom stereocenters. The molecule has 0 aliphatic heterocycles. The van der Waals surface area contributed by atoms with Crippen LogP contribution in [0.2, 0.25) is 0 Å². The lowest BCUT2D eigenvalue weighted by Gasteiger charge is -2.16. The zero-order chi connectivity index (χ0) is 11.7. The zero-order valence-electron chi connectivity index (χ0n) is 9.63. The average molecular weight is 232 g/mol. The fraction of sp³-hybridized carbons (Fsp3) is 0.538. The summed E-state index contributed by atoms with van der Waals surface area (Å²) in [6.45, 7) is 0. The van der Waals surface area contributed by atoms with Crippen molar-refractivity contribution in [1.82, 2.24) is 5.43 Å². The number of nitrogens with one attached hydrogen (secondary N) is 1. The Hall–Kier alpha value is -1.58. The SMILES string of the molecule is O=C(N/N=C\[C@H]1C[C@@H]2CC[C@@H]1C2)c1ccco1. The number of hydrogen-bond donors (Lipinski definition) is 1. The minimum atomic E-state index is -0.283. The van der Waals surface area contributed by atoms with Gasteiger partial charge in [-0.3, -0.25) is 4.79 Å². The largest absolute Gasteiger partial charge is 0.459 e. The lowest BCUT2D eigenvalue weighted by molar-refractivity contribution is 0.0927. The fourth-order valence-corrected chi connectivity index (χ4v) is 3.13. The van der Waals surface area contributed by atoms with E-state index in [2.05, 4.69) is 10.5 Å². The van der Waals surface area contributed by atoms with E-state index in [1.54, 1.807) is 12.1 Å². The first-order valence-corrected chi connectivity index (χ1v) is 6.20. The first-order valence-electron chi connectivity index (χ1n) is 6.20. The van der Waals surface area contributed by atoms with Crippen molar-refractivity contribution in [3.05, 3.63) is 24.2 Å². The molecule has 1 heterocycles. The molecule has 1 aromatic rings. The van der Waals surface area contributed by atoms with E-state index in [9.17, 15) is 4.79 Å². The van der Waals surface area contributed by atoms with Gasteiger partial charge in [0.05, 0.1) is 6.26 Å². The summed E-state index contributed by atoms with van der Waals surface area (Å²) in [6.07, 6.45) is 8.69. The third kappa shape index (κ3) is 2.12. The summed E-state index contributed by atoms with van der Waals surface area (Å²) in [5.74, 6) is 2.27. The maximum atomic E-state index is 11.5. The first kappa shape index (κ1) is 10.6. The number of carbonyl (C=O) groups is 1. The molecular weight excluding hydrogens is 216 g/mol. The standard InChI is InChI=1S/C13H16N2O2/c16-13(12-2-1-5-17-12)15-14-8-11-7-9-3-4-10(11)6-9/h1-2,5,8-11H,3-4,6-7H2,(H,15,16)/b14-8-/t9-,10-,11-/m1/s1. The average Bonchev–Trinajstić information content (AvgIpc) is 3.06. The lowest BCUT2D eigenvalue weighted by atomic mass is 9.90. The van der Waals surface area contributed by atoms with Gasteiger partial charge in [-0.15, -0.1) is 0 Å². The molecule has 0 spiro atoms. The third-order valence-electron chi connectivity index (χ3n) is 3.97. The molecule has 4 heteroatoms. The topological polar surface area (TPSA) is 54.6 Å². The molecule has 3 rings (SSSR count). The van der Waals surface area contributed by atoms with Gasteiger partial charge in [-0.05, 0) is 49.1 Å². The monoisotopic (exact) mass is 232 g/mol. The summed E-state index contributed by atoms with van der Waals surface area (Å²) in [4.78, 5) is 11.5. The molecule has 1 amide bonds. The van der Waals surface area contributed by atoms with Gasteiger partial charge >= 0.3 is 5.91 Å². The van der Waals surface area contributed by atoms with Gasteiger partial charge in [0.1, 0.15) is 0 Å². The van der Waals surface area contributed by atoms with Crippen LogP contribution in [0.3, 0.4) is 0 Å². The minimum Gasteiger partial charge on any atom is -0.459 e. The number of furan rings is 1. The molecule has 1 N–H and O–H groups in total. The molecule has 2 aliphatic carbocycles. The Bertz CT molecular complexity index is 425. The van der Waals surface area contributed by atoms with Crippen molar-refractivity contribution < 1.29 is 9.21 Å². The van der Waals surface area contributed by atoms with Crippen molar-refractivity contribution in [2.45, 2.75) is 25.7 Å². The second-order valence-electron chi connectivity index (χ2n) is 5.04. The van der Waals surface area contributed by atoms with E-state index in [4.69, 9.17) is 4.42 Å². The van der Waals surface area contributed by atoms with Crippen LogP contribution in [0.5, 0.6) is 0 Å². The van der Waals surface area contributed by atoms with Gasteiger partial charge in [-0.2, -0.15) is 5.10 Å². The van der Waals surface area contributed by atoms with Gasteiger partial charge in [-0.25, -0.2) is 5.43 Å². The van der Waals surface area contributed by atoms with Crippen molar-refractivity contribution in [3.8, 4) is 0 Å². The Morgan fingerprint density at radius 2 is 2.41 bits per heavy atom.